The first-order chi connectivity index (χ1) is 15.8. The van der Waals surface area contributed by atoms with Crippen LogP contribution in [0.25, 0.3) is 11.1 Å². The summed E-state index contributed by atoms with van der Waals surface area (Å²) in [6.45, 7) is 0.0841. The Labute approximate surface area is 193 Å². The van der Waals surface area contributed by atoms with Gasteiger partial charge in [-0.3, -0.25) is 4.31 Å². The molecule has 1 aliphatic heterocycles. The zero-order chi connectivity index (χ0) is 24.9. The number of hydrogen-bond donors (Lipinski definition) is 1. The van der Waals surface area contributed by atoms with Crippen molar-refractivity contribution in [1.82, 2.24) is 0 Å². The Morgan fingerprint density at radius 2 is 1.56 bits per heavy atom. The molecule has 1 aliphatic rings. The first-order valence-electron chi connectivity index (χ1n) is 9.94. The predicted octanol–water partition coefficient (Wildman–Crippen LogP) is 4.30. The monoisotopic (exact) mass is 514 g/mol. The number of primary sulfonamides is 1. The van der Waals surface area contributed by atoms with Gasteiger partial charge in [-0.05, 0) is 72.5 Å². The van der Waals surface area contributed by atoms with Crippen LogP contribution in [0.15, 0.2) is 70.5 Å². The van der Waals surface area contributed by atoms with E-state index in [1.165, 1.54) is 12.1 Å². The lowest BCUT2D eigenvalue weighted by atomic mass is 9.97. The summed E-state index contributed by atoms with van der Waals surface area (Å²) in [4.78, 5) is -0.680. The quantitative estimate of drug-likeness (QED) is 0.525. The van der Waals surface area contributed by atoms with Gasteiger partial charge >= 0.3 is 6.18 Å². The van der Waals surface area contributed by atoms with E-state index in [0.717, 1.165) is 34.6 Å². The number of rotatable bonds is 4. The van der Waals surface area contributed by atoms with Crippen molar-refractivity contribution in [2.24, 2.45) is 5.14 Å². The summed E-state index contributed by atoms with van der Waals surface area (Å²) in [6, 6.07) is 10.6. The van der Waals surface area contributed by atoms with Gasteiger partial charge in [0.15, 0.2) is 0 Å². The lowest BCUT2D eigenvalue weighted by Gasteiger charge is -2.31. The van der Waals surface area contributed by atoms with Crippen molar-refractivity contribution < 1.29 is 34.4 Å². The van der Waals surface area contributed by atoms with Crippen molar-refractivity contribution in [1.29, 1.82) is 0 Å². The van der Waals surface area contributed by atoms with Crippen molar-refractivity contribution in [3.8, 4) is 11.1 Å². The molecular weight excluding hydrogens is 496 g/mol. The summed E-state index contributed by atoms with van der Waals surface area (Å²) in [7, 11) is -8.51. The van der Waals surface area contributed by atoms with Crippen LogP contribution in [0.5, 0.6) is 0 Å². The third kappa shape index (κ3) is 4.52. The number of benzene rings is 3. The fourth-order valence-corrected chi connectivity index (χ4v) is 6.15. The van der Waals surface area contributed by atoms with E-state index in [2.05, 4.69) is 0 Å². The van der Waals surface area contributed by atoms with Gasteiger partial charge in [0, 0.05) is 12.1 Å². The molecule has 3 aromatic carbocycles. The molecular formula is C22H18F4N2O4S2. The van der Waals surface area contributed by atoms with E-state index in [9.17, 15) is 34.4 Å². The van der Waals surface area contributed by atoms with Crippen molar-refractivity contribution >= 4 is 25.7 Å². The molecule has 0 aliphatic carbocycles. The molecule has 0 atom stereocenters. The van der Waals surface area contributed by atoms with Crippen molar-refractivity contribution in [3.05, 3.63) is 77.6 Å². The van der Waals surface area contributed by atoms with Gasteiger partial charge in [-0.2, -0.15) is 13.2 Å². The number of halogens is 4. The van der Waals surface area contributed by atoms with Crippen LogP contribution in [0.1, 0.15) is 17.5 Å². The van der Waals surface area contributed by atoms with Crippen LogP contribution < -0.4 is 9.44 Å². The Kier molecular flexibility index (Phi) is 5.95. The van der Waals surface area contributed by atoms with Crippen LogP contribution >= 0.6 is 0 Å². The summed E-state index contributed by atoms with van der Waals surface area (Å²) < 4.78 is 105. The van der Waals surface area contributed by atoms with E-state index in [1.54, 1.807) is 6.07 Å². The molecule has 0 spiro atoms. The maximum absolute atomic E-state index is 13.3. The number of sulfonamides is 2. The Morgan fingerprint density at radius 1 is 0.882 bits per heavy atom. The zero-order valence-corrected chi connectivity index (χ0v) is 19.0. The van der Waals surface area contributed by atoms with E-state index < -0.39 is 42.5 Å². The first-order valence-corrected chi connectivity index (χ1v) is 12.9. The topological polar surface area (TPSA) is 97.5 Å². The number of fused-ring (bicyclic) bond motifs is 1. The van der Waals surface area contributed by atoms with Crippen molar-refractivity contribution in [2.75, 3.05) is 10.8 Å². The van der Waals surface area contributed by atoms with Gasteiger partial charge in [-0.25, -0.2) is 26.4 Å². The highest BCUT2D eigenvalue weighted by molar-refractivity contribution is 7.92. The van der Waals surface area contributed by atoms with E-state index >= 15 is 0 Å². The first kappa shape index (κ1) is 24.2. The van der Waals surface area contributed by atoms with Gasteiger partial charge in [-0.1, -0.05) is 12.1 Å². The van der Waals surface area contributed by atoms with Crippen LogP contribution in [-0.4, -0.2) is 23.4 Å². The molecule has 0 saturated heterocycles. The second-order valence-corrected chi connectivity index (χ2v) is 11.1. The van der Waals surface area contributed by atoms with Crippen LogP contribution in [0.4, 0.5) is 23.2 Å². The maximum atomic E-state index is 13.3. The van der Waals surface area contributed by atoms with E-state index in [0.29, 0.717) is 30.5 Å². The van der Waals surface area contributed by atoms with Gasteiger partial charge < -0.3 is 0 Å². The van der Waals surface area contributed by atoms with E-state index in [1.807, 2.05) is 0 Å². The van der Waals surface area contributed by atoms with Crippen LogP contribution in [0, 0.1) is 5.82 Å². The number of alkyl halides is 3. The molecule has 1 heterocycles. The number of hydrogen-bond acceptors (Lipinski definition) is 4. The zero-order valence-electron chi connectivity index (χ0n) is 17.4. The van der Waals surface area contributed by atoms with Gasteiger partial charge in [0.25, 0.3) is 10.0 Å². The molecule has 0 bridgehead atoms. The smallest absolute Gasteiger partial charge is 0.266 e. The lowest BCUT2D eigenvalue weighted by molar-refractivity contribution is -0.137. The number of nitrogens with zero attached hydrogens (tertiary/aromatic N) is 1. The molecule has 6 nitrogen and oxygen atoms in total. The molecule has 34 heavy (non-hydrogen) atoms. The molecule has 3 aromatic rings. The highest BCUT2D eigenvalue weighted by atomic mass is 32.2. The molecule has 0 amide bonds. The van der Waals surface area contributed by atoms with Gasteiger partial charge in [0.2, 0.25) is 10.0 Å². The summed E-state index contributed by atoms with van der Waals surface area (Å²) in [5, 5.41) is 5.23. The van der Waals surface area contributed by atoms with E-state index in [4.69, 9.17) is 5.14 Å². The third-order valence-electron chi connectivity index (χ3n) is 5.49. The minimum absolute atomic E-state index is 0.0510. The van der Waals surface area contributed by atoms with Crippen molar-refractivity contribution in [3.63, 3.8) is 0 Å². The fourth-order valence-electron chi connectivity index (χ4n) is 3.87. The Hall–Kier alpha value is -2.96. The predicted molar refractivity (Wildman–Crippen MR) is 118 cm³/mol. The summed E-state index contributed by atoms with van der Waals surface area (Å²) in [6.07, 6.45) is -3.74. The summed E-state index contributed by atoms with van der Waals surface area (Å²) >= 11 is 0. The van der Waals surface area contributed by atoms with Crippen molar-refractivity contribution in [2.45, 2.75) is 28.8 Å². The molecule has 180 valence electrons. The Morgan fingerprint density at radius 3 is 2.18 bits per heavy atom. The highest BCUT2D eigenvalue weighted by Gasteiger charge is 2.33. The average Bonchev–Trinajstić information content (AvgIpc) is 2.77. The van der Waals surface area contributed by atoms with Gasteiger partial charge in [-0.15, -0.1) is 0 Å². The minimum Gasteiger partial charge on any atom is -0.266 e. The molecule has 0 unspecified atom stereocenters. The number of nitrogens with two attached hydrogens (primary N) is 1. The highest BCUT2D eigenvalue weighted by Crippen LogP contribution is 2.39. The molecule has 0 fully saturated rings. The molecule has 0 aromatic heterocycles. The second-order valence-electron chi connectivity index (χ2n) is 7.73. The number of anilines is 1. The number of aryl methyl sites for hydroxylation is 1. The molecule has 2 N–H and O–H groups in total. The van der Waals surface area contributed by atoms with Crippen LogP contribution in [-0.2, 0) is 32.6 Å². The summed E-state index contributed by atoms with van der Waals surface area (Å²) in [5.74, 6) is -0.611. The maximum Gasteiger partial charge on any atom is 0.416 e. The van der Waals surface area contributed by atoms with Gasteiger partial charge in [0.1, 0.15) is 5.82 Å². The molecule has 12 heteroatoms. The molecule has 0 radical (unpaired) electrons. The third-order valence-corrected chi connectivity index (χ3v) is 8.28. The fraction of sp³-hybridized carbons (Fsp3) is 0.182. The standard InChI is InChI=1S/C22H18F4N2O4S2/c23-17-6-8-18(9-7-17)34(31,32)28-11-1-2-14-3-4-15(12-20(14)28)19-13-16(22(24,25)26)5-10-21(19)33(27,29)30/h3-10,12-13H,1-2,11H2,(H2,27,29,30). The largest absolute Gasteiger partial charge is 0.416 e. The lowest BCUT2D eigenvalue weighted by Crippen LogP contribution is -2.35. The Bertz CT molecular complexity index is 1470. The van der Waals surface area contributed by atoms with Gasteiger partial charge in [0.05, 0.1) is 21.0 Å². The van der Waals surface area contributed by atoms with E-state index in [-0.39, 0.29) is 28.3 Å². The minimum atomic E-state index is -4.74. The molecule has 4 rings (SSSR count). The Balaban J connectivity index is 1.90. The SMILES string of the molecule is NS(=O)(=O)c1ccc(C(F)(F)F)cc1-c1ccc2c(c1)N(S(=O)(=O)c1ccc(F)cc1)CCC2. The average molecular weight is 515 g/mol. The van der Waals surface area contributed by atoms with Crippen LogP contribution in [0.2, 0.25) is 0 Å². The second kappa shape index (κ2) is 8.36. The van der Waals surface area contributed by atoms with Crippen LogP contribution in [0.3, 0.4) is 0 Å². The molecule has 0 saturated carbocycles. The normalized spacial score (nSPS) is 14.7. The summed E-state index contributed by atoms with van der Waals surface area (Å²) in [5.41, 5.74) is -0.515.